The van der Waals surface area contributed by atoms with Crippen molar-refractivity contribution in [2.24, 2.45) is 17.8 Å². The van der Waals surface area contributed by atoms with Gasteiger partial charge in [0.05, 0.1) is 20.8 Å². The van der Waals surface area contributed by atoms with E-state index in [1.165, 1.54) is 56.9 Å². The van der Waals surface area contributed by atoms with Crippen molar-refractivity contribution in [2.75, 3.05) is 27.4 Å². The summed E-state index contributed by atoms with van der Waals surface area (Å²) in [5, 5.41) is 11.6. The molecule has 1 aliphatic rings. The van der Waals surface area contributed by atoms with Crippen LogP contribution in [0, 0.1) is 38.5 Å². The Bertz CT molecular complexity index is 1820. The summed E-state index contributed by atoms with van der Waals surface area (Å²) >= 11 is 0. The van der Waals surface area contributed by atoms with Crippen molar-refractivity contribution < 1.29 is 28.8 Å². The highest BCUT2D eigenvalue weighted by molar-refractivity contribution is 5.59. The van der Waals surface area contributed by atoms with Crippen LogP contribution in [0.1, 0.15) is 138 Å². The first-order chi connectivity index (χ1) is 28.3. The van der Waals surface area contributed by atoms with Gasteiger partial charge < -0.3 is 28.8 Å². The van der Waals surface area contributed by atoms with Crippen molar-refractivity contribution in [2.45, 2.75) is 143 Å². The third-order valence-electron chi connectivity index (χ3n) is 12.9. The number of ether oxygens (including phenoxy) is 5. The first-order valence-corrected chi connectivity index (χ1v) is 22.4. The van der Waals surface area contributed by atoms with Gasteiger partial charge in [-0.2, -0.15) is 0 Å². The van der Waals surface area contributed by atoms with E-state index in [0.29, 0.717) is 0 Å². The van der Waals surface area contributed by atoms with E-state index in [4.69, 9.17) is 23.7 Å². The van der Waals surface area contributed by atoms with Gasteiger partial charge in [0.2, 0.25) is 0 Å². The average molecular weight is 807 g/mol. The standard InChI is InChI=1S/C53H74O6/c1-37(2)17-14-18-38(3)19-15-20-39(4)21-16-33-52(8)34-32-49-42(7)50(40(5)41(6)51(49)59-52)57-35-46(54)36-58-53(43-22-12-11-13-23-43,44-24-28-47(55-9)29-25-44)45-26-30-48(56-10)31-27-45/h11-13,22-31,37-39,46,54H,14-21,32-36H2,1-10H3. The molecule has 0 aliphatic carbocycles. The van der Waals surface area contributed by atoms with Crippen LogP contribution < -0.4 is 18.9 Å². The second-order valence-corrected chi connectivity index (χ2v) is 18.2. The number of rotatable bonds is 23. The molecule has 0 spiro atoms. The summed E-state index contributed by atoms with van der Waals surface area (Å²) in [6.07, 6.45) is 12.7. The predicted molar refractivity (Wildman–Crippen MR) is 242 cm³/mol. The van der Waals surface area contributed by atoms with Crippen LogP contribution in [0.2, 0.25) is 0 Å². The molecule has 0 aromatic heterocycles. The molecule has 1 N–H and O–H groups in total. The van der Waals surface area contributed by atoms with E-state index < -0.39 is 11.7 Å². The van der Waals surface area contributed by atoms with Crippen LogP contribution in [0.4, 0.5) is 0 Å². The zero-order valence-electron chi connectivity index (χ0n) is 38.0. The molecule has 0 saturated carbocycles. The minimum absolute atomic E-state index is 0.0343. The van der Waals surface area contributed by atoms with Gasteiger partial charge in [0.15, 0.2) is 0 Å². The molecule has 4 unspecified atom stereocenters. The van der Waals surface area contributed by atoms with Crippen LogP contribution in [0.25, 0.3) is 0 Å². The van der Waals surface area contributed by atoms with Crippen LogP contribution in [0.5, 0.6) is 23.0 Å². The number of aliphatic hydroxyl groups excluding tert-OH is 1. The Balaban J connectivity index is 1.22. The first kappa shape index (κ1) is 46.1. The van der Waals surface area contributed by atoms with Crippen molar-refractivity contribution in [3.8, 4) is 23.0 Å². The average Bonchev–Trinajstić information content (AvgIpc) is 3.23. The van der Waals surface area contributed by atoms with Gasteiger partial charge in [0, 0.05) is 5.56 Å². The van der Waals surface area contributed by atoms with Crippen molar-refractivity contribution >= 4 is 0 Å². The summed E-state index contributed by atoms with van der Waals surface area (Å²) in [5.41, 5.74) is 6.07. The number of methoxy groups -OCH3 is 2. The van der Waals surface area contributed by atoms with Crippen molar-refractivity contribution in [3.05, 3.63) is 118 Å². The molecule has 322 valence electrons. The normalized spacial score (nSPS) is 16.9. The molecule has 4 aromatic rings. The van der Waals surface area contributed by atoms with Gasteiger partial charge in [-0.3, -0.25) is 0 Å². The van der Waals surface area contributed by atoms with Gasteiger partial charge in [-0.1, -0.05) is 127 Å². The predicted octanol–water partition coefficient (Wildman–Crippen LogP) is 12.9. The summed E-state index contributed by atoms with van der Waals surface area (Å²) in [4.78, 5) is 0. The molecule has 5 rings (SSSR count). The Morgan fingerprint density at radius 1 is 0.661 bits per heavy atom. The van der Waals surface area contributed by atoms with Crippen LogP contribution in [0.3, 0.4) is 0 Å². The van der Waals surface area contributed by atoms with Gasteiger partial charge in [-0.25, -0.2) is 0 Å². The molecule has 1 heterocycles. The second-order valence-electron chi connectivity index (χ2n) is 18.2. The zero-order valence-corrected chi connectivity index (χ0v) is 38.0. The fourth-order valence-electron chi connectivity index (χ4n) is 9.00. The highest BCUT2D eigenvalue weighted by Crippen LogP contribution is 2.46. The van der Waals surface area contributed by atoms with Crippen molar-refractivity contribution in [1.29, 1.82) is 0 Å². The lowest BCUT2D eigenvalue weighted by atomic mass is 9.80. The summed E-state index contributed by atoms with van der Waals surface area (Å²) in [7, 11) is 3.32. The Kier molecular flexibility index (Phi) is 16.8. The van der Waals surface area contributed by atoms with Gasteiger partial charge in [-0.15, -0.1) is 0 Å². The zero-order chi connectivity index (χ0) is 42.6. The van der Waals surface area contributed by atoms with Gasteiger partial charge >= 0.3 is 0 Å². The third-order valence-corrected chi connectivity index (χ3v) is 12.9. The number of hydrogen-bond donors (Lipinski definition) is 1. The van der Waals surface area contributed by atoms with Crippen LogP contribution in [-0.4, -0.2) is 44.2 Å². The highest BCUT2D eigenvalue weighted by atomic mass is 16.5. The molecular weight excluding hydrogens is 733 g/mol. The topological polar surface area (TPSA) is 66.4 Å². The van der Waals surface area contributed by atoms with Gasteiger partial charge in [0.1, 0.15) is 46.9 Å². The van der Waals surface area contributed by atoms with E-state index >= 15 is 0 Å². The van der Waals surface area contributed by atoms with Crippen molar-refractivity contribution in [1.82, 2.24) is 0 Å². The van der Waals surface area contributed by atoms with E-state index in [1.54, 1.807) is 14.2 Å². The maximum Gasteiger partial charge on any atom is 0.143 e. The lowest BCUT2D eigenvalue weighted by Crippen LogP contribution is -2.37. The molecule has 4 aromatic carbocycles. The molecular formula is C53H74O6. The van der Waals surface area contributed by atoms with Crippen molar-refractivity contribution in [3.63, 3.8) is 0 Å². The Hall–Kier alpha value is -4.00. The summed E-state index contributed by atoms with van der Waals surface area (Å²) in [6, 6.07) is 26.0. The second kappa shape index (κ2) is 21.5. The fraction of sp³-hybridized carbons (Fsp3) is 0.547. The molecule has 4 atom stereocenters. The molecule has 0 fully saturated rings. The molecule has 1 aliphatic heterocycles. The van der Waals surface area contributed by atoms with E-state index in [-0.39, 0.29) is 18.8 Å². The lowest BCUT2D eigenvalue weighted by Gasteiger charge is -2.38. The van der Waals surface area contributed by atoms with E-state index in [0.717, 1.165) is 93.4 Å². The smallest absolute Gasteiger partial charge is 0.143 e. The molecule has 59 heavy (non-hydrogen) atoms. The number of aliphatic hydroxyl groups is 1. The van der Waals surface area contributed by atoms with Crippen LogP contribution in [-0.2, 0) is 16.8 Å². The molecule has 0 radical (unpaired) electrons. The Morgan fingerprint density at radius 3 is 1.73 bits per heavy atom. The van der Waals surface area contributed by atoms with Crippen LogP contribution in [0.15, 0.2) is 78.9 Å². The number of benzene rings is 4. The highest BCUT2D eigenvalue weighted by Gasteiger charge is 2.39. The molecule has 0 saturated heterocycles. The van der Waals surface area contributed by atoms with Gasteiger partial charge in [0.25, 0.3) is 0 Å². The molecule has 0 bridgehead atoms. The quantitative estimate of drug-likeness (QED) is 0.0753. The molecule has 6 nitrogen and oxygen atoms in total. The number of hydrogen-bond acceptors (Lipinski definition) is 6. The maximum atomic E-state index is 11.6. The Morgan fingerprint density at radius 2 is 1.19 bits per heavy atom. The minimum Gasteiger partial charge on any atom is -0.497 e. The van der Waals surface area contributed by atoms with Gasteiger partial charge in [-0.05, 0) is 129 Å². The summed E-state index contributed by atoms with van der Waals surface area (Å²) in [5.74, 6) is 5.78. The SMILES string of the molecule is COc1ccc(C(OCC(O)COc2c(C)c(C)c3c(c2C)CCC(C)(CCCC(C)CCCC(C)CCCC(C)C)O3)(c2ccccc2)c2ccc(OC)cc2)cc1. The summed E-state index contributed by atoms with van der Waals surface area (Å²) in [6.45, 7) is 18.4. The third kappa shape index (κ3) is 11.9. The van der Waals surface area contributed by atoms with E-state index in [9.17, 15) is 5.11 Å². The lowest BCUT2D eigenvalue weighted by molar-refractivity contribution is -0.0495. The fourth-order valence-corrected chi connectivity index (χ4v) is 9.00. The number of fused-ring (bicyclic) bond motifs is 1. The maximum absolute atomic E-state index is 11.6. The Labute approximate surface area is 357 Å². The molecule has 0 amide bonds. The van der Waals surface area contributed by atoms with Crippen LogP contribution >= 0.6 is 0 Å². The van der Waals surface area contributed by atoms with E-state index in [1.807, 2.05) is 66.7 Å². The minimum atomic E-state index is -1.03. The largest absolute Gasteiger partial charge is 0.497 e. The monoisotopic (exact) mass is 807 g/mol. The molecule has 6 heteroatoms. The van der Waals surface area contributed by atoms with E-state index in [2.05, 4.69) is 67.5 Å². The summed E-state index contributed by atoms with van der Waals surface area (Å²) < 4.78 is 31.4. The first-order valence-electron chi connectivity index (χ1n) is 22.4.